The Morgan fingerprint density at radius 2 is 2.00 bits per heavy atom. The average molecular weight is 354 g/mol. The number of sulfonamides is 1. The standard InChI is InChI=1S/C16H22N2O5S/c1-22-15-6-4-11(7-12(15)16(19)23-2)24(20,21)18-8-10-3-5-14(17)13(10)9-18/h4,6-7,10,13-14H,3,5,8-9,17H2,1-2H3. The molecular weight excluding hydrogens is 332 g/mol. The Morgan fingerprint density at radius 3 is 2.62 bits per heavy atom. The second-order valence-corrected chi connectivity index (χ2v) is 8.28. The lowest BCUT2D eigenvalue weighted by atomic mass is 9.98. The van der Waals surface area contributed by atoms with Crippen molar-refractivity contribution in [3.05, 3.63) is 23.8 Å². The fourth-order valence-corrected chi connectivity index (χ4v) is 5.29. The molecule has 3 atom stereocenters. The van der Waals surface area contributed by atoms with E-state index >= 15 is 0 Å². The Hall–Kier alpha value is -1.64. The van der Waals surface area contributed by atoms with Crippen molar-refractivity contribution in [2.75, 3.05) is 27.3 Å². The molecule has 0 radical (unpaired) electrons. The Balaban J connectivity index is 1.92. The van der Waals surface area contributed by atoms with Gasteiger partial charge in [0.2, 0.25) is 10.0 Å². The minimum absolute atomic E-state index is 0.0664. The number of nitrogens with zero attached hydrogens (tertiary/aromatic N) is 1. The Labute approximate surface area is 141 Å². The molecule has 1 aliphatic carbocycles. The van der Waals surface area contributed by atoms with Crippen molar-refractivity contribution in [3.8, 4) is 5.75 Å². The molecule has 3 rings (SSSR count). The molecule has 0 spiro atoms. The molecule has 1 saturated heterocycles. The molecule has 1 aromatic carbocycles. The molecule has 0 aromatic heterocycles. The van der Waals surface area contributed by atoms with E-state index < -0.39 is 16.0 Å². The zero-order valence-electron chi connectivity index (χ0n) is 13.8. The summed E-state index contributed by atoms with van der Waals surface area (Å²) in [6, 6.07) is 4.31. The summed E-state index contributed by atoms with van der Waals surface area (Å²) in [6.45, 7) is 0.925. The van der Waals surface area contributed by atoms with Crippen LogP contribution in [0.2, 0.25) is 0 Å². The van der Waals surface area contributed by atoms with E-state index in [1.807, 2.05) is 0 Å². The minimum atomic E-state index is -3.68. The summed E-state index contributed by atoms with van der Waals surface area (Å²) < 4.78 is 37.1. The van der Waals surface area contributed by atoms with Gasteiger partial charge >= 0.3 is 5.97 Å². The van der Waals surface area contributed by atoms with E-state index in [9.17, 15) is 13.2 Å². The molecule has 7 nitrogen and oxygen atoms in total. The second-order valence-electron chi connectivity index (χ2n) is 6.34. The molecule has 24 heavy (non-hydrogen) atoms. The summed E-state index contributed by atoms with van der Waals surface area (Å²) in [5, 5.41) is 0. The van der Waals surface area contributed by atoms with Crippen LogP contribution in [0.1, 0.15) is 23.2 Å². The van der Waals surface area contributed by atoms with Crippen molar-refractivity contribution in [2.45, 2.75) is 23.8 Å². The largest absolute Gasteiger partial charge is 0.496 e. The minimum Gasteiger partial charge on any atom is -0.496 e. The smallest absolute Gasteiger partial charge is 0.341 e. The number of carbonyl (C=O) groups is 1. The fraction of sp³-hybridized carbons (Fsp3) is 0.562. The molecule has 2 aliphatic rings. The topological polar surface area (TPSA) is 98.9 Å². The van der Waals surface area contributed by atoms with E-state index in [0.717, 1.165) is 12.8 Å². The van der Waals surface area contributed by atoms with Gasteiger partial charge in [0.25, 0.3) is 0 Å². The predicted octanol–water partition coefficient (Wildman–Crippen LogP) is 0.840. The van der Waals surface area contributed by atoms with Gasteiger partial charge in [0.15, 0.2) is 0 Å². The third-order valence-corrected chi connectivity index (χ3v) is 6.92. The summed E-state index contributed by atoms with van der Waals surface area (Å²) in [5.41, 5.74) is 6.18. The van der Waals surface area contributed by atoms with Crippen LogP contribution >= 0.6 is 0 Å². The lowest BCUT2D eigenvalue weighted by Gasteiger charge is -2.19. The van der Waals surface area contributed by atoms with Gasteiger partial charge in [-0.3, -0.25) is 0 Å². The number of esters is 1. The van der Waals surface area contributed by atoms with Crippen molar-refractivity contribution in [1.29, 1.82) is 0 Å². The number of nitrogens with two attached hydrogens (primary N) is 1. The van der Waals surface area contributed by atoms with Gasteiger partial charge in [-0.25, -0.2) is 13.2 Å². The monoisotopic (exact) mass is 354 g/mol. The van der Waals surface area contributed by atoms with E-state index in [1.54, 1.807) is 0 Å². The zero-order valence-corrected chi connectivity index (χ0v) is 14.6. The van der Waals surface area contributed by atoms with Gasteiger partial charge in [-0.1, -0.05) is 0 Å². The summed E-state index contributed by atoms with van der Waals surface area (Å²) in [7, 11) is -1.02. The Morgan fingerprint density at radius 1 is 1.25 bits per heavy atom. The maximum absolute atomic E-state index is 12.9. The summed E-state index contributed by atoms with van der Waals surface area (Å²) in [6.07, 6.45) is 1.92. The van der Waals surface area contributed by atoms with Crippen LogP contribution < -0.4 is 10.5 Å². The molecule has 0 amide bonds. The number of fused-ring (bicyclic) bond motifs is 1. The van der Waals surface area contributed by atoms with Crippen LogP contribution in [0.3, 0.4) is 0 Å². The van der Waals surface area contributed by atoms with Crippen LogP contribution in [-0.4, -0.2) is 52.0 Å². The van der Waals surface area contributed by atoms with Crippen LogP contribution in [-0.2, 0) is 14.8 Å². The molecule has 0 bridgehead atoms. The molecule has 132 valence electrons. The van der Waals surface area contributed by atoms with Gasteiger partial charge < -0.3 is 15.2 Å². The van der Waals surface area contributed by atoms with Gasteiger partial charge in [-0.2, -0.15) is 4.31 Å². The highest BCUT2D eigenvalue weighted by Gasteiger charge is 2.45. The summed E-state index contributed by atoms with van der Waals surface area (Å²) >= 11 is 0. The van der Waals surface area contributed by atoms with Crippen molar-refractivity contribution in [2.24, 2.45) is 17.6 Å². The first-order valence-corrected chi connectivity index (χ1v) is 9.34. The number of methoxy groups -OCH3 is 2. The number of hydrogen-bond donors (Lipinski definition) is 1. The average Bonchev–Trinajstić information content (AvgIpc) is 3.16. The van der Waals surface area contributed by atoms with Crippen LogP contribution in [0.5, 0.6) is 5.75 Å². The highest BCUT2D eigenvalue weighted by atomic mass is 32.2. The van der Waals surface area contributed by atoms with E-state index in [2.05, 4.69) is 0 Å². The number of hydrogen-bond acceptors (Lipinski definition) is 6. The van der Waals surface area contributed by atoms with Gasteiger partial charge in [-0.15, -0.1) is 0 Å². The van der Waals surface area contributed by atoms with Gasteiger partial charge in [0.1, 0.15) is 11.3 Å². The van der Waals surface area contributed by atoms with Crippen molar-refractivity contribution < 1.29 is 22.7 Å². The SMILES string of the molecule is COC(=O)c1cc(S(=O)(=O)N2CC3CCC(N)C3C2)ccc1OC. The van der Waals surface area contributed by atoms with Crippen LogP contribution in [0.15, 0.2) is 23.1 Å². The third kappa shape index (κ3) is 2.78. The van der Waals surface area contributed by atoms with E-state index in [0.29, 0.717) is 19.0 Å². The van der Waals surface area contributed by atoms with Crippen LogP contribution in [0, 0.1) is 11.8 Å². The lowest BCUT2D eigenvalue weighted by Crippen LogP contribution is -2.33. The van der Waals surface area contributed by atoms with Crippen molar-refractivity contribution in [3.63, 3.8) is 0 Å². The number of benzene rings is 1. The fourth-order valence-electron chi connectivity index (χ4n) is 3.73. The molecule has 1 aromatic rings. The molecule has 2 N–H and O–H groups in total. The Bertz CT molecular complexity index is 749. The predicted molar refractivity (Wildman–Crippen MR) is 87.3 cm³/mol. The first-order valence-electron chi connectivity index (χ1n) is 7.90. The quantitative estimate of drug-likeness (QED) is 0.805. The molecule has 1 saturated carbocycles. The first-order chi connectivity index (χ1) is 11.4. The van der Waals surface area contributed by atoms with E-state index in [1.165, 1.54) is 36.7 Å². The van der Waals surface area contributed by atoms with Gasteiger partial charge in [0, 0.05) is 19.1 Å². The molecular formula is C16H22N2O5S. The Kier molecular flexibility index (Phi) is 4.54. The van der Waals surface area contributed by atoms with Gasteiger partial charge in [-0.05, 0) is 42.9 Å². The molecule has 8 heteroatoms. The first kappa shape index (κ1) is 17.2. The number of carbonyl (C=O) groups excluding carboxylic acids is 1. The van der Waals surface area contributed by atoms with Crippen LogP contribution in [0.4, 0.5) is 0 Å². The molecule has 3 unspecified atom stereocenters. The molecule has 1 aliphatic heterocycles. The maximum atomic E-state index is 12.9. The van der Waals surface area contributed by atoms with Crippen molar-refractivity contribution in [1.82, 2.24) is 4.31 Å². The maximum Gasteiger partial charge on any atom is 0.341 e. The number of rotatable bonds is 4. The van der Waals surface area contributed by atoms with Crippen LogP contribution in [0.25, 0.3) is 0 Å². The van der Waals surface area contributed by atoms with Crippen molar-refractivity contribution >= 4 is 16.0 Å². The van der Waals surface area contributed by atoms with E-state index in [4.69, 9.17) is 15.2 Å². The molecule has 2 fully saturated rings. The molecule has 1 heterocycles. The summed E-state index contributed by atoms with van der Waals surface area (Å²) in [5.74, 6) is 0.191. The van der Waals surface area contributed by atoms with Gasteiger partial charge in [0.05, 0.1) is 19.1 Å². The van der Waals surface area contributed by atoms with E-state index in [-0.39, 0.29) is 28.2 Å². The highest BCUT2D eigenvalue weighted by molar-refractivity contribution is 7.89. The summed E-state index contributed by atoms with van der Waals surface area (Å²) in [4.78, 5) is 11.9. The highest BCUT2D eigenvalue weighted by Crippen LogP contribution is 2.39. The lowest BCUT2D eigenvalue weighted by molar-refractivity contribution is 0.0597. The number of ether oxygens (including phenoxy) is 2. The normalized spacial score (nSPS) is 27.0. The third-order valence-electron chi connectivity index (χ3n) is 5.09. The zero-order chi connectivity index (χ0) is 17.5. The second kappa shape index (κ2) is 6.34.